The van der Waals surface area contributed by atoms with Crippen LogP contribution in [0.25, 0.3) is 113 Å². The van der Waals surface area contributed by atoms with E-state index in [1.165, 1.54) is 0 Å². The first-order valence-electron chi connectivity index (χ1n) is 21.5. The van der Waals surface area contributed by atoms with Gasteiger partial charge in [0.25, 0.3) is 0 Å². The second kappa shape index (κ2) is 17.9. The Balaban J connectivity index is 1.27. The van der Waals surface area contributed by atoms with Gasteiger partial charge >= 0.3 is 0 Å². The maximum atomic E-state index is 5.66. The fraction of sp³-hybridized carbons (Fsp3) is 0. The van der Waals surface area contributed by atoms with Crippen molar-refractivity contribution in [2.45, 2.75) is 0 Å². The van der Waals surface area contributed by atoms with Gasteiger partial charge in [-0.25, -0.2) is 4.98 Å². The van der Waals surface area contributed by atoms with Gasteiger partial charge in [-0.1, -0.05) is 54.6 Å². The first kappa shape index (κ1) is 39.6. The van der Waals surface area contributed by atoms with Crippen LogP contribution in [0.3, 0.4) is 0 Å². The molecule has 11 aromatic rings. The highest BCUT2D eigenvalue weighted by molar-refractivity contribution is 6.07. The Morgan fingerprint density at radius 1 is 0.182 bits per heavy atom. The second-order valence-corrected chi connectivity index (χ2v) is 15.3. The maximum absolute atomic E-state index is 5.66. The molecule has 0 bridgehead atoms. The summed E-state index contributed by atoms with van der Waals surface area (Å²) in [6.07, 6.45) is 14.5. The van der Waals surface area contributed by atoms with E-state index in [0.29, 0.717) is 0 Å². The lowest BCUT2D eigenvalue weighted by Crippen LogP contribution is -2.03. The standard InChI is InChI=1S/C57H37N9/c1-9-28-58-42(18-1)38-36-40(54(48-22-5-13-32-62-48)56(50-24-7-15-34-64-50)52(38)46-20-3-11-30-60-46)44-26-17-27-45(66-44)41-37-39(43-19-2-10-29-59-43)53(47-21-4-12-31-61-47)57(51-25-8-16-35-65-51)55(41)49-23-6-14-33-63-49/h1-37H. The van der Waals surface area contributed by atoms with Crippen LogP contribution in [-0.2, 0) is 0 Å². The van der Waals surface area contributed by atoms with Crippen LogP contribution in [0.2, 0.25) is 0 Å². The van der Waals surface area contributed by atoms with E-state index in [-0.39, 0.29) is 0 Å². The Kier molecular flexibility index (Phi) is 10.7. The molecule has 0 saturated carbocycles. The summed E-state index contributed by atoms with van der Waals surface area (Å²) in [6.45, 7) is 0. The fourth-order valence-electron chi connectivity index (χ4n) is 8.59. The molecule has 66 heavy (non-hydrogen) atoms. The minimum Gasteiger partial charge on any atom is -0.256 e. The van der Waals surface area contributed by atoms with Crippen molar-refractivity contribution >= 4 is 0 Å². The third kappa shape index (κ3) is 7.56. The summed E-state index contributed by atoms with van der Waals surface area (Å²) in [4.78, 5) is 45.4. The lowest BCUT2D eigenvalue weighted by molar-refractivity contribution is 1.26. The van der Waals surface area contributed by atoms with Crippen LogP contribution < -0.4 is 0 Å². The van der Waals surface area contributed by atoms with Crippen LogP contribution in [0.5, 0.6) is 0 Å². The van der Waals surface area contributed by atoms with Crippen LogP contribution in [0.15, 0.2) is 225 Å². The number of aromatic nitrogens is 9. The molecule has 0 spiro atoms. The summed E-state index contributed by atoms with van der Waals surface area (Å²) in [5, 5.41) is 0. The molecular formula is C57H37N9. The number of hydrogen-bond donors (Lipinski definition) is 0. The molecule has 0 unspecified atom stereocenters. The van der Waals surface area contributed by atoms with Crippen LogP contribution in [-0.4, -0.2) is 44.9 Å². The number of rotatable bonds is 10. The van der Waals surface area contributed by atoms with Crippen LogP contribution in [0, 0.1) is 0 Å². The van der Waals surface area contributed by atoms with Crippen LogP contribution in [0.4, 0.5) is 0 Å². The summed E-state index contributed by atoms with van der Waals surface area (Å²) in [7, 11) is 0. The largest absolute Gasteiger partial charge is 0.256 e. The van der Waals surface area contributed by atoms with Gasteiger partial charge in [-0.15, -0.1) is 0 Å². The zero-order chi connectivity index (χ0) is 44.1. The smallest absolute Gasteiger partial charge is 0.0716 e. The molecule has 0 radical (unpaired) electrons. The molecule has 0 N–H and O–H groups in total. The van der Waals surface area contributed by atoms with E-state index in [1.54, 1.807) is 0 Å². The quantitative estimate of drug-likeness (QED) is 0.133. The van der Waals surface area contributed by atoms with Gasteiger partial charge in [0, 0.05) is 105 Å². The average Bonchev–Trinajstić information content (AvgIpc) is 3.41. The van der Waals surface area contributed by atoms with Crippen LogP contribution >= 0.6 is 0 Å². The topological polar surface area (TPSA) is 116 Å². The molecule has 0 amide bonds. The summed E-state index contributed by atoms with van der Waals surface area (Å²) in [5.74, 6) is 0. The Bertz CT molecular complexity index is 3190. The van der Waals surface area contributed by atoms with E-state index >= 15 is 0 Å². The number of benzene rings is 2. The predicted molar refractivity (Wildman–Crippen MR) is 261 cm³/mol. The number of hydrogen-bond acceptors (Lipinski definition) is 9. The summed E-state index contributed by atoms with van der Waals surface area (Å²) < 4.78 is 0. The highest BCUT2D eigenvalue weighted by Crippen LogP contribution is 2.51. The molecule has 0 aliphatic heterocycles. The van der Waals surface area contributed by atoms with Crippen molar-refractivity contribution < 1.29 is 0 Å². The van der Waals surface area contributed by atoms with Crippen molar-refractivity contribution in [3.8, 4) is 113 Å². The molecule has 2 aromatic carbocycles. The lowest BCUT2D eigenvalue weighted by Gasteiger charge is -2.23. The van der Waals surface area contributed by atoms with E-state index in [4.69, 9.17) is 44.9 Å². The molecule has 11 rings (SSSR count). The Morgan fingerprint density at radius 3 is 0.636 bits per heavy atom. The first-order chi connectivity index (χ1) is 32.8. The normalized spacial score (nSPS) is 11.0. The highest BCUT2D eigenvalue weighted by atomic mass is 14.8. The molecule has 0 aliphatic carbocycles. The van der Waals surface area contributed by atoms with E-state index in [2.05, 4.69) is 30.3 Å². The van der Waals surface area contributed by atoms with Gasteiger partial charge in [0.05, 0.1) is 56.9 Å². The minimum absolute atomic E-state index is 0.717. The zero-order valence-electron chi connectivity index (χ0n) is 35.4. The number of pyridine rings is 9. The molecule has 310 valence electrons. The molecule has 9 nitrogen and oxygen atoms in total. The molecule has 9 aromatic heterocycles. The van der Waals surface area contributed by atoms with Gasteiger partial charge in [-0.3, -0.25) is 39.9 Å². The fourth-order valence-corrected chi connectivity index (χ4v) is 8.59. The molecule has 0 saturated heterocycles. The molecule has 9 heteroatoms. The Hall–Kier alpha value is -9.21. The minimum atomic E-state index is 0.717. The van der Waals surface area contributed by atoms with Crippen molar-refractivity contribution in [1.82, 2.24) is 44.9 Å². The van der Waals surface area contributed by atoms with E-state index in [1.807, 2.05) is 195 Å². The van der Waals surface area contributed by atoms with E-state index < -0.39 is 0 Å². The molecule has 0 fully saturated rings. The van der Waals surface area contributed by atoms with Gasteiger partial charge in [-0.05, 0) is 121 Å². The summed E-state index contributed by atoms with van der Waals surface area (Å²) in [5.41, 5.74) is 16.2. The Labute approximate surface area is 381 Å². The van der Waals surface area contributed by atoms with Crippen molar-refractivity contribution in [2.24, 2.45) is 0 Å². The van der Waals surface area contributed by atoms with Crippen molar-refractivity contribution in [3.63, 3.8) is 0 Å². The van der Waals surface area contributed by atoms with Crippen molar-refractivity contribution in [2.75, 3.05) is 0 Å². The Morgan fingerprint density at radius 2 is 0.394 bits per heavy atom. The first-order valence-corrected chi connectivity index (χ1v) is 21.5. The van der Waals surface area contributed by atoms with E-state index in [9.17, 15) is 0 Å². The van der Waals surface area contributed by atoms with Crippen LogP contribution in [0.1, 0.15) is 0 Å². The SMILES string of the molecule is c1ccc(-c2cc(-c3cccc(-c4cc(-c5ccccn5)c(-c5ccccn5)c(-c5ccccn5)c4-c4ccccn4)n3)c(-c3ccccn3)c(-c3ccccn3)c2-c2ccccn2)nc1. The number of nitrogens with zero attached hydrogens (tertiary/aromatic N) is 9. The monoisotopic (exact) mass is 847 g/mol. The zero-order valence-corrected chi connectivity index (χ0v) is 35.4. The average molecular weight is 848 g/mol. The van der Waals surface area contributed by atoms with Crippen molar-refractivity contribution in [1.29, 1.82) is 0 Å². The third-order valence-corrected chi connectivity index (χ3v) is 11.4. The summed E-state index contributed by atoms with van der Waals surface area (Å²) in [6, 6.07) is 58.2. The molecule has 9 heterocycles. The van der Waals surface area contributed by atoms with Gasteiger partial charge in [-0.2, -0.15) is 0 Å². The summed E-state index contributed by atoms with van der Waals surface area (Å²) >= 11 is 0. The predicted octanol–water partition coefficient (Wildman–Crippen LogP) is 12.9. The highest BCUT2D eigenvalue weighted by Gasteiger charge is 2.29. The van der Waals surface area contributed by atoms with Gasteiger partial charge in [0.1, 0.15) is 0 Å². The van der Waals surface area contributed by atoms with Gasteiger partial charge < -0.3 is 0 Å². The lowest BCUT2D eigenvalue weighted by atomic mass is 9.83. The molecule has 0 atom stereocenters. The maximum Gasteiger partial charge on any atom is 0.0716 e. The van der Waals surface area contributed by atoms with Gasteiger partial charge in [0.2, 0.25) is 0 Å². The molecular weight excluding hydrogens is 811 g/mol. The van der Waals surface area contributed by atoms with Gasteiger partial charge in [0.15, 0.2) is 0 Å². The molecule has 0 aliphatic rings. The van der Waals surface area contributed by atoms with Crippen molar-refractivity contribution in [3.05, 3.63) is 225 Å². The second-order valence-electron chi connectivity index (χ2n) is 15.3. The van der Waals surface area contributed by atoms with E-state index in [0.717, 1.165) is 113 Å². The third-order valence-electron chi connectivity index (χ3n) is 11.4.